The molecule has 1 aromatic carbocycles. The summed E-state index contributed by atoms with van der Waals surface area (Å²) in [5.74, 6) is -0.415. The molecule has 128 valence electrons. The van der Waals surface area contributed by atoms with Crippen molar-refractivity contribution in [2.24, 2.45) is 5.73 Å². The van der Waals surface area contributed by atoms with Gasteiger partial charge in [-0.2, -0.15) is 0 Å². The van der Waals surface area contributed by atoms with Crippen LogP contribution in [0, 0.1) is 6.92 Å². The first-order chi connectivity index (χ1) is 11.4. The van der Waals surface area contributed by atoms with Gasteiger partial charge in [-0.05, 0) is 26.3 Å². The second-order valence-electron chi connectivity index (χ2n) is 5.53. The summed E-state index contributed by atoms with van der Waals surface area (Å²) in [6, 6.07) is 9.78. The monoisotopic (exact) mass is 363 g/mol. The molecule has 0 fully saturated rings. The van der Waals surface area contributed by atoms with Gasteiger partial charge in [0.1, 0.15) is 0 Å². The van der Waals surface area contributed by atoms with E-state index in [1.54, 1.807) is 0 Å². The van der Waals surface area contributed by atoms with Crippen molar-refractivity contribution in [2.75, 3.05) is 0 Å². The number of hydrogen-bond donors (Lipinski definition) is 2. The Balaban J connectivity index is 1.95. The largest absolute Gasteiger partial charge is 0.369 e. The molecule has 24 heavy (non-hydrogen) atoms. The van der Waals surface area contributed by atoms with E-state index in [0.29, 0.717) is 0 Å². The van der Waals surface area contributed by atoms with E-state index in [2.05, 4.69) is 10.3 Å². The molecular formula is C17H21N3O2S2. The number of thioether (sulfide) groups is 1. The number of aryl methyl sites for hydroxylation is 1. The molecule has 0 saturated heterocycles. The minimum atomic E-state index is -0.374. The van der Waals surface area contributed by atoms with Crippen molar-refractivity contribution < 1.29 is 9.59 Å². The Morgan fingerprint density at radius 1 is 1.29 bits per heavy atom. The van der Waals surface area contributed by atoms with Gasteiger partial charge < -0.3 is 11.1 Å². The number of rotatable bonds is 7. The second kappa shape index (κ2) is 8.30. The Morgan fingerprint density at radius 3 is 2.58 bits per heavy atom. The van der Waals surface area contributed by atoms with Crippen LogP contribution in [0.4, 0.5) is 0 Å². The minimum absolute atomic E-state index is 0.0411. The zero-order valence-electron chi connectivity index (χ0n) is 13.9. The van der Waals surface area contributed by atoms with E-state index in [0.717, 1.165) is 20.5 Å². The molecule has 2 aromatic rings. The van der Waals surface area contributed by atoms with Crippen molar-refractivity contribution in [2.45, 2.75) is 42.8 Å². The Kier molecular flexibility index (Phi) is 6.39. The topological polar surface area (TPSA) is 85.1 Å². The smallest absolute Gasteiger partial charge is 0.233 e. The van der Waals surface area contributed by atoms with Gasteiger partial charge in [0.15, 0.2) is 4.34 Å². The SMILES string of the molecule is Cc1nc(SC(C)C(=O)NC(C)c2ccccc2)sc1CC(N)=O. The van der Waals surface area contributed by atoms with E-state index >= 15 is 0 Å². The van der Waals surface area contributed by atoms with Crippen molar-refractivity contribution in [3.63, 3.8) is 0 Å². The third kappa shape index (κ3) is 5.07. The second-order valence-corrected chi connectivity index (χ2v) is 8.20. The van der Waals surface area contributed by atoms with Crippen molar-refractivity contribution in [3.05, 3.63) is 46.5 Å². The maximum absolute atomic E-state index is 12.4. The van der Waals surface area contributed by atoms with Gasteiger partial charge in [0.25, 0.3) is 0 Å². The van der Waals surface area contributed by atoms with Gasteiger partial charge in [-0.3, -0.25) is 9.59 Å². The summed E-state index contributed by atoms with van der Waals surface area (Å²) in [6.07, 6.45) is 0.190. The molecule has 0 spiro atoms. The van der Waals surface area contributed by atoms with Crippen LogP contribution in [0.3, 0.4) is 0 Å². The lowest BCUT2D eigenvalue weighted by molar-refractivity contribution is -0.121. The van der Waals surface area contributed by atoms with E-state index in [9.17, 15) is 9.59 Å². The number of amides is 2. The molecule has 2 rings (SSSR count). The number of benzene rings is 1. The molecule has 2 unspecified atom stereocenters. The Morgan fingerprint density at radius 2 is 1.96 bits per heavy atom. The lowest BCUT2D eigenvalue weighted by atomic mass is 10.1. The lowest BCUT2D eigenvalue weighted by Crippen LogP contribution is -2.33. The molecule has 0 aliphatic carbocycles. The summed E-state index contributed by atoms with van der Waals surface area (Å²) in [6.45, 7) is 5.66. The van der Waals surface area contributed by atoms with Crippen LogP contribution in [0.2, 0.25) is 0 Å². The predicted octanol–water partition coefficient (Wildman–Crippen LogP) is 2.84. The summed E-state index contributed by atoms with van der Waals surface area (Å²) in [5.41, 5.74) is 7.10. The van der Waals surface area contributed by atoms with E-state index < -0.39 is 0 Å². The summed E-state index contributed by atoms with van der Waals surface area (Å²) in [4.78, 5) is 28.7. The first-order valence-electron chi connectivity index (χ1n) is 7.63. The van der Waals surface area contributed by atoms with Crippen LogP contribution in [0.15, 0.2) is 34.7 Å². The molecule has 2 atom stereocenters. The Bertz CT molecular complexity index is 716. The zero-order chi connectivity index (χ0) is 17.7. The summed E-state index contributed by atoms with van der Waals surface area (Å²) in [7, 11) is 0. The molecule has 0 aliphatic rings. The maximum atomic E-state index is 12.4. The van der Waals surface area contributed by atoms with Crippen molar-refractivity contribution in [1.82, 2.24) is 10.3 Å². The van der Waals surface area contributed by atoms with E-state index in [-0.39, 0.29) is 29.5 Å². The fourth-order valence-electron chi connectivity index (χ4n) is 2.13. The lowest BCUT2D eigenvalue weighted by Gasteiger charge is -2.17. The van der Waals surface area contributed by atoms with Crippen LogP contribution < -0.4 is 11.1 Å². The number of carbonyl (C=O) groups is 2. The van der Waals surface area contributed by atoms with Gasteiger partial charge in [0.05, 0.1) is 23.4 Å². The average molecular weight is 364 g/mol. The number of nitrogens with one attached hydrogen (secondary N) is 1. The van der Waals surface area contributed by atoms with Crippen LogP contribution >= 0.6 is 23.1 Å². The highest BCUT2D eigenvalue weighted by molar-refractivity contribution is 8.02. The average Bonchev–Trinajstić information content (AvgIpc) is 2.86. The van der Waals surface area contributed by atoms with E-state index in [1.807, 2.05) is 51.1 Å². The van der Waals surface area contributed by atoms with Crippen molar-refractivity contribution in [3.8, 4) is 0 Å². The van der Waals surface area contributed by atoms with Crippen LogP contribution in [-0.2, 0) is 16.0 Å². The molecule has 0 radical (unpaired) electrons. The molecule has 7 heteroatoms. The van der Waals surface area contributed by atoms with Gasteiger partial charge in [0.2, 0.25) is 11.8 Å². The minimum Gasteiger partial charge on any atom is -0.369 e. The highest BCUT2D eigenvalue weighted by atomic mass is 32.2. The fraction of sp³-hybridized carbons (Fsp3) is 0.353. The summed E-state index contributed by atoms with van der Waals surface area (Å²) >= 11 is 2.81. The molecule has 0 bridgehead atoms. The molecule has 1 aromatic heterocycles. The van der Waals surface area contributed by atoms with Crippen LogP contribution in [0.25, 0.3) is 0 Å². The first kappa shape index (κ1) is 18.5. The quantitative estimate of drug-likeness (QED) is 0.741. The molecule has 5 nitrogen and oxygen atoms in total. The molecule has 0 saturated carbocycles. The number of aromatic nitrogens is 1. The maximum Gasteiger partial charge on any atom is 0.233 e. The van der Waals surface area contributed by atoms with Gasteiger partial charge in [-0.25, -0.2) is 4.98 Å². The fourth-order valence-corrected chi connectivity index (χ4v) is 4.53. The van der Waals surface area contributed by atoms with Crippen molar-refractivity contribution >= 4 is 34.9 Å². The Labute approximate surface area is 150 Å². The van der Waals surface area contributed by atoms with Gasteiger partial charge in [0, 0.05) is 4.88 Å². The summed E-state index contributed by atoms with van der Waals surface area (Å²) in [5, 5.41) is 2.74. The van der Waals surface area contributed by atoms with Crippen molar-refractivity contribution in [1.29, 1.82) is 0 Å². The molecular weight excluding hydrogens is 342 g/mol. The highest BCUT2D eigenvalue weighted by Gasteiger charge is 2.20. The van der Waals surface area contributed by atoms with Gasteiger partial charge >= 0.3 is 0 Å². The molecule has 3 N–H and O–H groups in total. The normalized spacial score (nSPS) is 13.3. The standard InChI is InChI=1S/C17H21N3O2S2/c1-10(13-7-5-4-6-8-13)19-16(22)12(3)23-17-20-11(2)14(24-17)9-15(18)21/h4-8,10,12H,9H2,1-3H3,(H2,18,21)(H,19,22). The zero-order valence-corrected chi connectivity index (χ0v) is 15.5. The number of primary amides is 1. The third-order valence-electron chi connectivity index (χ3n) is 3.51. The van der Waals surface area contributed by atoms with E-state index in [1.165, 1.54) is 23.1 Å². The third-order valence-corrected chi connectivity index (χ3v) is 5.86. The van der Waals surface area contributed by atoms with Gasteiger partial charge in [-0.15, -0.1) is 11.3 Å². The number of thiazole rings is 1. The number of hydrogen-bond acceptors (Lipinski definition) is 5. The van der Waals surface area contributed by atoms with Crippen LogP contribution in [0.5, 0.6) is 0 Å². The van der Waals surface area contributed by atoms with Crippen LogP contribution in [0.1, 0.15) is 36.0 Å². The van der Waals surface area contributed by atoms with E-state index in [4.69, 9.17) is 5.73 Å². The number of carbonyl (C=O) groups excluding carboxylic acids is 2. The van der Waals surface area contributed by atoms with Crippen LogP contribution in [-0.4, -0.2) is 22.0 Å². The molecule has 0 aliphatic heterocycles. The molecule has 2 amide bonds. The van der Waals surface area contributed by atoms with Gasteiger partial charge in [-0.1, -0.05) is 42.1 Å². The highest BCUT2D eigenvalue weighted by Crippen LogP contribution is 2.30. The predicted molar refractivity (Wildman–Crippen MR) is 98.1 cm³/mol. The number of nitrogens with two attached hydrogens (primary N) is 1. The Hall–Kier alpha value is -1.86. The summed E-state index contributed by atoms with van der Waals surface area (Å²) < 4.78 is 0.777. The first-order valence-corrected chi connectivity index (χ1v) is 9.33. The molecule has 1 heterocycles. The number of nitrogens with zero attached hydrogens (tertiary/aromatic N) is 1.